The number of carbonyl (C=O) groups is 2. The summed E-state index contributed by atoms with van der Waals surface area (Å²) in [5.74, 6) is 0.243. The highest BCUT2D eigenvalue weighted by atomic mass is 16.2. The topological polar surface area (TPSA) is 70.2 Å². The maximum Gasteiger partial charge on any atom is 0.234 e. The highest BCUT2D eigenvalue weighted by molar-refractivity contribution is 5.81. The molecule has 1 aromatic rings. The summed E-state index contributed by atoms with van der Waals surface area (Å²) >= 11 is 0. The minimum atomic E-state index is -0.135. The SMILES string of the molecule is CNC(=O)CNCC(=O)N[C@H](CC(C)C)c1ccccc1. The monoisotopic (exact) mass is 291 g/mol. The van der Waals surface area contributed by atoms with Gasteiger partial charge in [0.25, 0.3) is 0 Å². The molecule has 0 heterocycles. The number of likely N-dealkylation sites (N-methyl/N-ethyl adjacent to an activating group) is 1. The second-order valence-electron chi connectivity index (χ2n) is 5.44. The normalized spacial score (nSPS) is 12.0. The fourth-order valence-corrected chi connectivity index (χ4v) is 2.06. The molecular weight excluding hydrogens is 266 g/mol. The first-order valence-corrected chi connectivity index (χ1v) is 7.28. The van der Waals surface area contributed by atoms with Crippen LogP contribution in [-0.2, 0) is 9.59 Å². The number of hydrogen-bond acceptors (Lipinski definition) is 3. The maximum absolute atomic E-state index is 12.0. The van der Waals surface area contributed by atoms with Crippen LogP contribution in [0.25, 0.3) is 0 Å². The Morgan fingerprint density at radius 3 is 2.24 bits per heavy atom. The average molecular weight is 291 g/mol. The van der Waals surface area contributed by atoms with Gasteiger partial charge in [-0.2, -0.15) is 0 Å². The molecule has 3 N–H and O–H groups in total. The average Bonchev–Trinajstić information content (AvgIpc) is 2.46. The van der Waals surface area contributed by atoms with Crippen LogP contribution >= 0.6 is 0 Å². The predicted octanol–water partition coefficient (Wildman–Crippen LogP) is 1.23. The van der Waals surface area contributed by atoms with E-state index in [0.29, 0.717) is 5.92 Å². The molecule has 0 aliphatic carbocycles. The van der Waals surface area contributed by atoms with Crippen LogP contribution in [0, 0.1) is 5.92 Å². The molecule has 0 radical (unpaired) electrons. The molecule has 0 saturated carbocycles. The number of rotatable bonds is 8. The van der Waals surface area contributed by atoms with E-state index in [9.17, 15) is 9.59 Å². The standard InChI is InChI=1S/C16H25N3O2/c1-12(2)9-14(13-7-5-4-6-8-13)19-16(21)11-18-10-15(20)17-3/h4-8,12,14,18H,9-11H2,1-3H3,(H,17,20)(H,19,21)/t14-/m1/s1. The third-order valence-electron chi connectivity index (χ3n) is 3.09. The second-order valence-corrected chi connectivity index (χ2v) is 5.44. The second kappa shape index (κ2) is 9.13. The molecule has 21 heavy (non-hydrogen) atoms. The van der Waals surface area contributed by atoms with Gasteiger partial charge < -0.3 is 10.6 Å². The Kier molecular flexibility index (Phi) is 7.46. The lowest BCUT2D eigenvalue weighted by molar-refractivity contribution is -0.121. The van der Waals surface area contributed by atoms with Crippen molar-refractivity contribution >= 4 is 11.8 Å². The molecule has 1 aromatic carbocycles. The highest BCUT2D eigenvalue weighted by Crippen LogP contribution is 2.20. The third-order valence-corrected chi connectivity index (χ3v) is 3.09. The van der Waals surface area contributed by atoms with Gasteiger partial charge in [-0.05, 0) is 17.9 Å². The van der Waals surface area contributed by atoms with Gasteiger partial charge in [-0.15, -0.1) is 0 Å². The lowest BCUT2D eigenvalue weighted by atomic mass is 9.97. The van der Waals surface area contributed by atoms with Gasteiger partial charge in [0.1, 0.15) is 0 Å². The van der Waals surface area contributed by atoms with E-state index in [-0.39, 0.29) is 30.9 Å². The van der Waals surface area contributed by atoms with E-state index in [1.165, 1.54) is 0 Å². The van der Waals surface area contributed by atoms with Crippen LogP contribution in [0.5, 0.6) is 0 Å². The van der Waals surface area contributed by atoms with Gasteiger partial charge in [-0.3, -0.25) is 14.9 Å². The molecule has 0 unspecified atom stereocenters. The summed E-state index contributed by atoms with van der Waals surface area (Å²) in [6.07, 6.45) is 0.880. The van der Waals surface area contributed by atoms with Gasteiger partial charge in [0.2, 0.25) is 11.8 Å². The number of nitrogens with one attached hydrogen (secondary N) is 3. The van der Waals surface area contributed by atoms with Crippen LogP contribution in [0.1, 0.15) is 31.9 Å². The highest BCUT2D eigenvalue weighted by Gasteiger charge is 2.15. The fourth-order valence-electron chi connectivity index (χ4n) is 2.06. The molecule has 1 rings (SSSR count). The lowest BCUT2D eigenvalue weighted by Gasteiger charge is -2.21. The van der Waals surface area contributed by atoms with Gasteiger partial charge in [-0.1, -0.05) is 44.2 Å². The largest absolute Gasteiger partial charge is 0.358 e. The Labute approximate surface area is 126 Å². The molecule has 0 aromatic heterocycles. The van der Waals surface area contributed by atoms with Crippen molar-refractivity contribution in [2.75, 3.05) is 20.1 Å². The Hall–Kier alpha value is -1.88. The smallest absolute Gasteiger partial charge is 0.234 e. The molecule has 5 nitrogen and oxygen atoms in total. The molecular formula is C16H25N3O2. The van der Waals surface area contributed by atoms with E-state index in [1.807, 2.05) is 30.3 Å². The number of carbonyl (C=O) groups excluding carboxylic acids is 2. The van der Waals surface area contributed by atoms with Gasteiger partial charge in [0.15, 0.2) is 0 Å². The van der Waals surface area contributed by atoms with E-state index < -0.39 is 0 Å². The zero-order valence-corrected chi connectivity index (χ0v) is 13.0. The van der Waals surface area contributed by atoms with Crippen molar-refractivity contribution in [1.29, 1.82) is 0 Å². The molecule has 1 atom stereocenters. The van der Waals surface area contributed by atoms with Crippen molar-refractivity contribution in [3.8, 4) is 0 Å². The molecule has 0 aliphatic rings. The summed E-state index contributed by atoms with van der Waals surface area (Å²) in [7, 11) is 1.57. The van der Waals surface area contributed by atoms with Gasteiger partial charge in [0, 0.05) is 7.05 Å². The number of hydrogen-bond donors (Lipinski definition) is 3. The molecule has 5 heteroatoms. The quantitative estimate of drug-likeness (QED) is 0.674. The van der Waals surface area contributed by atoms with Gasteiger partial charge in [0.05, 0.1) is 19.1 Å². The third kappa shape index (κ3) is 6.90. The maximum atomic E-state index is 12.0. The molecule has 0 spiro atoms. The van der Waals surface area contributed by atoms with Gasteiger partial charge in [-0.25, -0.2) is 0 Å². The zero-order valence-electron chi connectivity index (χ0n) is 13.0. The van der Waals surface area contributed by atoms with Crippen LogP contribution in [0.15, 0.2) is 30.3 Å². The Balaban J connectivity index is 2.53. The van der Waals surface area contributed by atoms with E-state index >= 15 is 0 Å². The van der Waals surface area contributed by atoms with Crippen molar-refractivity contribution in [2.45, 2.75) is 26.3 Å². The predicted molar refractivity (Wildman–Crippen MR) is 83.7 cm³/mol. The Morgan fingerprint density at radius 1 is 1.05 bits per heavy atom. The molecule has 0 aliphatic heterocycles. The first kappa shape index (κ1) is 17.2. The fraction of sp³-hybridized carbons (Fsp3) is 0.500. The summed E-state index contributed by atoms with van der Waals surface area (Å²) < 4.78 is 0. The molecule has 2 amide bonds. The van der Waals surface area contributed by atoms with Crippen molar-refractivity contribution < 1.29 is 9.59 Å². The van der Waals surface area contributed by atoms with Crippen LogP contribution in [0.2, 0.25) is 0 Å². The summed E-state index contributed by atoms with van der Waals surface area (Å²) in [6.45, 7) is 4.54. The molecule has 0 saturated heterocycles. The van der Waals surface area contributed by atoms with Crippen molar-refractivity contribution in [3.05, 3.63) is 35.9 Å². The van der Waals surface area contributed by atoms with Crippen molar-refractivity contribution in [1.82, 2.24) is 16.0 Å². The minimum Gasteiger partial charge on any atom is -0.358 e. The van der Waals surface area contributed by atoms with E-state index in [2.05, 4.69) is 29.8 Å². The van der Waals surface area contributed by atoms with E-state index in [1.54, 1.807) is 7.05 Å². The van der Waals surface area contributed by atoms with Crippen molar-refractivity contribution in [3.63, 3.8) is 0 Å². The lowest BCUT2D eigenvalue weighted by Crippen LogP contribution is -2.40. The van der Waals surface area contributed by atoms with Crippen LogP contribution in [0.4, 0.5) is 0 Å². The summed E-state index contributed by atoms with van der Waals surface area (Å²) in [5.41, 5.74) is 1.10. The Bertz CT molecular complexity index is 446. The van der Waals surface area contributed by atoms with Crippen LogP contribution < -0.4 is 16.0 Å². The molecule has 116 valence electrons. The van der Waals surface area contributed by atoms with Crippen LogP contribution in [0.3, 0.4) is 0 Å². The summed E-state index contributed by atoms with van der Waals surface area (Å²) in [6, 6.07) is 9.94. The van der Waals surface area contributed by atoms with E-state index in [4.69, 9.17) is 0 Å². The van der Waals surface area contributed by atoms with E-state index in [0.717, 1.165) is 12.0 Å². The minimum absolute atomic E-state index is 0.000465. The molecule has 0 bridgehead atoms. The van der Waals surface area contributed by atoms with Crippen molar-refractivity contribution in [2.24, 2.45) is 5.92 Å². The molecule has 0 fully saturated rings. The zero-order chi connectivity index (χ0) is 15.7. The van der Waals surface area contributed by atoms with Crippen LogP contribution in [-0.4, -0.2) is 32.0 Å². The first-order valence-electron chi connectivity index (χ1n) is 7.28. The number of amides is 2. The Morgan fingerprint density at radius 2 is 1.67 bits per heavy atom. The van der Waals surface area contributed by atoms with Gasteiger partial charge >= 0.3 is 0 Å². The number of benzene rings is 1. The first-order chi connectivity index (χ1) is 10.0. The summed E-state index contributed by atoms with van der Waals surface area (Å²) in [5, 5.41) is 8.34. The summed E-state index contributed by atoms with van der Waals surface area (Å²) in [4.78, 5) is 23.0.